The number of sulfonamides is 1. The molecule has 4 rings (SSSR count). The zero-order chi connectivity index (χ0) is 19.9. The minimum absolute atomic E-state index is 0.0692. The van der Waals surface area contributed by atoms with Crippen molar-refractivity contribution in [2.45, 2.75) is 18.2 Å². The monoisotopic (exact) mass is 398 g/mol. The van der Waals surface area contributed by atoms with Gasteiger partial charge in [-0.3, -0.25) is 0 Å². The fourth-order valence-corrected chi connectivity index (χ4v) is 4.37. The van der Waals surface area contributed by atoms with Gasteiger partial charge in [0.05, 0.1) is 4.90 Å². The Balaban J connectivity index is 1.54. The smallest absolute Gasteiger partial charge is 0.372 e. The predicted octanol–water partition coefficient (Wildman–Crippen LogP) is 3.44. The molecule has 0 saturated carbocycles. The van der Waals surface area contributed by atoms with Crippen molar-refractivity contribution in [3.05, 3.63) is 65.5 Å². The number of aromatic nitrogens is 1. The van der Waals surface area contributed by atoms with Crippen LogP contribution in [0.1, 0.15) is 21.7 Å². The normalized spacial score (nSPS) is 12.0. The molecule has 3 N–H and O–H groups in total. The number of nitrogens with one attached hydrogen (secondary N) is 2. The van der Waals surface area contributed by atoms with Gasteiger partial charge in [0.25, 0.3) is 0 Å². The number of carbonyl (C=O) groups is 1. The number of aromatic amines is 1. The van der Waals surface area contributed by atoms with E-state index in [-0.39, 0.29) is 17.2 Å². The minimum Gasteiger partial charge on any atom is -0.475 e. The molecular formula is C20H18N2O5S. The molecule has 0 radical (unpaired) electrons. The van der Waals surface area contributed by atoms with Crippen molar-refractivity contribution >= 4 is 37.9 Å². The molecule has 0 aliphatic rings. The molecule has 0 atom stereocenters. The van der Waals surface area contributed by atoms with E-state index in [1.165, 1.54) is 18.2 Å². The molecule has 0 spiro atoms. The summed E-state index contributed by atoms with van der Waals surface area (Å²) in [6.45, 7) is 1.84. The Morgan fingerprint density at radius 3 is 2.75 bits per heavy atom. The second-order valence-electron chi connectivity index (χ2n) is 6.53. The quantitative estimate of drug-likeness (QED) is 0.461. The van der Waals surface area contributed by atoms with Crippen LogP contribution < -0.4 is 4.72 Å². The lowest BCUT2D eigenvalue weighted by molar-refractivity contribution is 0.0664. The molecule has 0 amide bonds. The van der Waals surface area contributed by atoms with Crippen LogP contribution in [-0.2, 0) is 16.4 Å². The van der Waals surface area contributed by atoms with E-state index in [9.17, 15) is 13.2 Å². The number of aromatic carboxylic acids is 1. The van der Waals surface area contributed by atoms with Gasteiger partial charge in [-0.1, -0.05) is 18.2 Å². The van der Waals surface area contributed by atoms with Crippen molar-refractivity contribution < 1.29 is 22.7 Å². The Morgan fingerprint density at radius 2 is 1.96 bits per heavy atom. The molecule has 8 heteroatoms. The summed E-state index contributed by atoms with van der Waals surface area (Å²) in [4.78, 5) is 14.4. The third-order valence-corrected chi connectivity index (χ3v) is 6.23. The fourth-order valence-electron chi connectivity index (χ4n) is 3.31. The topological polar surface area (TPSA) is 112 Å². The summed E-state index contributed by atoms with van der Waals surface area (Å²) in [7, 11) is -3.74. The minimum atomic E-state index is -3.74. The maximum absolute atomic E-state index is 12.7. The Kier molecular flexibility index (Phi) is 4.44. The summed E-state index contributed by atoms with van der Waals surface area (Å²) in [6.07, 6.45) is 2.42. The number of H-pyrrole nitrogens is 1. The number of benzene rings is 2. The lowest BCUT2D eigenvalue weighted by Crippen LogP contribution is -2.25. The average Bonchev–Trinajstić information content (AvgIpc) is 3.23. The average molecular weight is 398 g/mol. The lowest BCUT2D eigenvalue weighted by Gasteiger charge is -2.07. The van der Waals surface area contributed by atoms with Gasteiger partial charge in [0.1, 0.15) is 5.58 Å². The number of aryl methyl sites for hydroxylation is 1. The highest BCUT2D eigenvalue weighted by Crippen LogP contribution is 2.27. The molecule has 0 aliphatic carbocycles. The lowest BCUT2D eigenvalue weighted by atomic mass is 10.1. The van der Waals surface area contributed by atoms with Crippen molar-refractivity contribution in [3.8, 4) is 0 Å². The molecule has 0 aliphatic heterocycles. The summed E-state index contributed by atoms with van der Waals surface area (Å²) in [5, 5.41) is 10.7. The number of furan rings is 1. The van der Waals surface area contributed by atoms with Crippen molar-refractivity contribution in [1.29, 1.82) is 0 Å². The van der Waals surface area contributed by atoms with E-state index in [0.29, 0.717) is 23.0 Å². The van der Waals surface area contributed by atoms with Crippen molar-refractivity contribution in [3.63, 3.8) is 0 Å². The third-order valence-electron chi connectivity index (χ3n) is 4.77. The van der Waals surface area contributed by atoms with Crippen LogP contribution in [0.2, 0.25) is 0 Å². The van der Waals surface area contributed by atoms with Gasteiger partial charge >= 0.3 is 5.97 Å². The van der Waals surface area contributed by atoms with Crippen LogP contribution in [0.25, 0.3) is 21.9 Å². The zero-order valence-corrected chi connectivity index (χ0v) is 15.8. The summed E-state index contributed by atoms with van der Waals surface area (Å²) >= 11 is 0. The second-order valence-corrected chi connectivity index (χ2v) is 8.29. The maximum Gasteiger partial charge on any atom is 0.372 e. The molecule has 7 nitrogen and oxygen atoms in total. The van der Waals surface area contributed by atoms with Crippen LogP contribution in [0.4, 0.5) is 0 Å². The first-order valence-electron chi connectivity index (χ1n) is 8.68. The molecule has 144 valence electrons. The van der Waals surface area contributed by atoms with E-state index in [1.807, 2.05) is 30.5 Å². The summed E-state index contributed by atoms with van der Waals surface area (Å²) in [5.41, 5.74) is 2.78. The summed E-state index contributed by atoms with van der Waals surface area (Å²) < 4.78 is 33.2. The highest BCUT2D eigenvalue weighted by Gasteiger charge is 2.20. The number of para-hydroxylation sites is 1. The molecule has 0 saturated heterocycles. The van der Waals surface area contributed by atoms with E-state index >= 15 is 0 Å². The van der Waals surface area contributed by atoms with Crippen LogP contribution in [0.15, 0.2) is 58.0 Å². The standard InChI is InChI=1S/C20H18N2O5S/c1-12-16-10-14(6-7-18(16)27-19(12)20(23)24)28(25,26)22-9-8-13-11-21-17-5-3-2-4-15(13)17/h2-7,10-11,21-22H,8-9H2,1H3,(H,23,24). The van der Waals surface area contributed by atoms with Crippen LogP contribution in [-0.4, -0.2) is 31.0 Å². The van der Waals surface area contributed by atoms with E-state index in [0.717, 1.165) is 16.5 Å². The number of hydrogen-bond donors (Lipinski definition) is 3. The molecule has 4 aromatic rings. The van der Waals surface area contributed by atoms with Gasteiger partial charge in [-0.25, -0.2) is 17.9 Å². The summed E-state index contributed by atoms with van der Waals surface area (Å²) in [5.74, 6) is -1.37. The van der Waals surface area contributed by atoms with Crippen molar-refractivity contribution in [2.24, 2.45) is 0 Å². The van der Waals surface area contributed by atoms with Gasteiger partial charge in [-0.15, -0.1) is 0 Å². The maximum atomic E-state index is 12.7. The van der Waals surface area contributed by atoms with E-state index in [1.54, 1.807) is 6.92 Å². The number of carboxylic acids is 1. The van der Waals surface area contributed by atoms with Crippen molar-refractivity contribution in [2.75, 3.05) is 6.54 Å². The van der Waals surface area contributed by atoms with E-state index < -0.39 is 16.0 Å². The zero-order valence-electron chi connectivity index (χ0n) is 15.0. The Bertz CT molecular complexity index is 1300. The Hall–Kier alpha value is -3.10. The highest BCUT2D eigenvalue weighted by atomic mass is 32.2. The van der Waals surface area contributed by atoms with Gasteiger partial charge in [0, 0.05) is 34.6 Å². The van der Waals surface area contributed by atoms with Gasteiger partial charge in [0.2, 0.25) is 15.8 Å². The molecule has 2 heterocycles. The molecule has 2 aromatic heterocycles. The molecule has 0 unspecified atom stereocenters. The van der Waals surface area contributed by atoms with Gasteiger partial charge in [-0.2, -0.15) is 0 Å². The summed E-state index contributed by atoms with van der Waals surface area (Å²) in [6, 6.07) is 12.2. The molecule has 0 fully saturated rings. The van der Waals surface area contributed by atoms with Crippen LogP contribution >= 0.6 is 0 Å². The third kappa shape index (κ3) is 3.17. The Labute approximate surface area is 161 Å². The predicted molar refractivity (Wildman–Crippen MR) is 105 cm³/mol. The molecule has 0 bridgehead atoms. The van der Waals surface area contributed by atoms with Crippen LogP contribution in [0.3, 0.4) is 0 Å². The highest BCUT2D eigenvalue weighted by molar-refractivity contribution is 7.89. The number of rotatable bonds is 6. The first-order valence-corrected chi connectivity index (χ1v) is 10.2. The SMILES string of the molecule is Cc1c(C(=O)O)oc2ccc(S(=O)(=O)NCCc3c[nH]c4ccccc34)cc12. The Morgan fingerprint density at radius 1 is 1.18 bits per heavy atom. The van der Waals surface area contributed by atoms with E-state index in [4.69, 9.17) is 9.52 Å². The molecule has 2 aromatic carbocycles. The molecule has 28 heavy (non-hydrogen) atoms. The van der Waals surface area contributed by atoms with Gasteiger partial charge < -0.3 is 14.5 Å². The first kappa shape index (κ1) is 18.3. The largest absolute Gasteiger partial charge is 0.475 e. The van der Waals surface area contributed by atoms with Crippen molar-refractivity contribution in [1.82, 2.24) is 9.71 Å². The van der Waals surface area contributed by atoms with Gasteiger partial charge in [-0.05, 0) is 43.2 Å². The molecular weight excluding hydrogens is 380 g/mol. The number of carboxylic acid groups (broad SMARTS) is 1. The number of hydrogen-bond acceptors (Lipinski definition) is 4. The van der Waals surface area contributed by atoms with Crippen LogP contribution in [0, 0.1) is 6.92 Å². The van der Waals surface area contributed by atoms with Gasteiger partial charge in [0.15, 0.2) is 0 Å². The second kappa shape index (κ2) is 6.81. The number of fused-ring (bicyclic) bond motifs is 2. The fraction of sp³-hybridized carbons (Fsp3) is 0.150. The van der Waals surface area contributed by atoms with Crippen LogP contribution in [0.5, 0.6) is 0 Å². The van der Waals surface area contributed by atoms with E-state index in [2.05, 4.69) is 9.71 Å². The first-order chi connectivity index (χ1) is 13.4.